The Morgan fingerprint density at radius 1 is 1.04 bits per heavy atom. The highest BCUT2D eigenvalue weighted by molar-refractivity contribution is 7.91. The first-order valence-corrected chi connectivity index (χ1v) is 9.14. The Morgan fingerprint density at radius 3 is 2.57 bits per heavy atom. The number of ether oxygens (including phenoxy) is 2. The quantitative estimate of drug-likeness (QED) is 0.879. The Kier molecular flexibility index (Phi) is 4.54. The lowest BCUT2D eigenvalue weighted by molar-refractivity contribution is 0.174. The number of sulfone groups is 1. The number of nitrogens with two attached hydrogens (primary N) is 1. The van der Waals surface area contributed by atoms with Gasteiger partial charge in [-0.05, 0) is 30.5 Å². The van der Waals surface area contributed by atoms with Crippen molar-refractivity contribution in [3.05, 3.63) is 54.1 Å². The molecule has 2 N–H and O–H groups in total. The van der Waals surface area contributed by atoms with E-state index in [1.165, 1.54) is 6.07 Å². The molecule has 0 spiro atoms. The van der Waals surface area contributed by atoms with E-state index >= 15 is 0 Å². The highest BCUT2D eigenvalue weighted by Gasteiger charge is 2.20. The summed E-state index contributed by atoms with van der Waals surface area (Å²) in [6, 6.07) is 14.3. The molecule has 3 rings (SSSR count). The van der Waals surface area contributed by atoms with Gasteiger partial charge in [0.1, 0.15) is 0 Å². The fraction of sp³-hybridized carbons (Fsp3) is 0.294. The van der Waals surface area contributed by atoms with Crippen molar-refractivity contribution in [2.24, 2.45) is 5.73 Å². The molecule has 1 aliphatic heterocycles. The van der Waals surface area contributed by atoms with Crippen LogP contribution in [-0.4, -0.2) is 21.0 Å². The first kappa shape index (κ1) is 15.8. The molecule has 0 amide bonds. The second-order valence-electron chi connectivity index (χ2n) is 5.49. The van der Waals surface area contributed by atoms with Gasteiger partial charge in [-0.1, -0.05) is 30.3 Å². The first-order valence-electron chi connectivity index (χ1n) is 7.49. The van der Waals surface area contributed by atoms with Crippen LogP contribution in [0.5, 0.6) is 11.5 Å². The van der Waals surface area contributed by atoms with Crippen LogP contribution >= 0.6 is 0 Å². The molecule has 0 aliphatic carbocycles. The molecule has 2 aromatic rings. The van der Waals surface area contributed by atoms with Gasteiger partial charge >= 0.3 is 0 Å². The van der Waals surface area contributed by atoms with Crippen LogP contribution in [-0.2, 0) is 9.84 Å². The van der Waals surface area contributed by atoms with Gasteiger partial charge in [0.15, 0.2) is 21.3 Å². The van der Waals surface area contributed by atoms with E-state index in [0.29, 0.717) is 24.3 Å². The second kappa shape index (κ2) is 6.60. The molecule has 0 bridgehead atoms. The molecular weight excluding hydrogens is 314 g/mol. The summed E-state index contributed by atoms with van der Waals surface area (Å²) >= 11 is 0. The van der Waals surface area contributed by atoms with Crippen LogP contribution < -0.4 is 15.2 Å². The topological polar surface area (TPSA) is 78.6 Å². The predicted octanol–water partition coefficient (Wildman–Crippen LogP) is 2.67. The monoisotopic (exact) mass is 333 g/mol. The molecule has 0 saturated heterocycles. The molecule has 0 fully saturated rings. The van der Waals surface area contributed by atoms with Crippen molar-refractivity contribution in [1.82, 2.24) is 0 Å². The summed E-state index contributed by atoms with van der Waals surface area (Å²) in [4.78, 5) is 0.259. The average molecular weight is 333 g/mol. The Labute approximate surface area is 135 Å². The third kappa shape index (κ3) is 3.65. The molecular formula is C17H19NO4S. The Hall–Kier alpha value is -2.05. The minimum Gasteiger partial charge on any atom is -0.454 e. The van der Waals surface area contributed by atoms with Crippen LogP contribution in [0.15, 0.2) is 53.4 Å². The fourth-order valence-electron chi connectivity index (χ4n) is 2.55. The molecule has 1 heterocycles. The van der Waals surface area contributed by atoms with E-state index in [2.05, 4.69) is 0 Å². The fourth-order valence-corrected chi connectivity index (χ4v) is 3.89. The van der Waals surface area contributed by atoms with Gasteiger partial charge in [-0.25, -0.2) is 8.42 Å². The summed E-state index contributed by atoms with van der Waals surface area (Å²) in [5, 5.41) is 0. The van der Waals surface area contributed by atoms with Crippen LogP contribution in [0.3, 0.4) is 0 Å². The van der Waals surface area contributed by atoms with Crippen molar-refractivity contribution in [3.8, 4) is 11.5 Å². The van der Waals surface area contributed by atoms with E-state index in [9.17, 15) is 8.42 Å². The van der Waals surface area contributed by atoms with Crippen molar-refractivity contribution in [2.75, 3.05) is 12.5 Å². The average Bonchev–Trinajstić information content (AvgIpc) is 3.03. The smallest absolute Gasteiger partial charge is 0.231 e. The zero-order valence-corrected chi connectivity index (χ0v) is 13.5. The van der Waals surface area contributed by atoms with Crippen LogP contribution in [0.2, 0.25) is 0 Å². The van der Waals surface area contributed by atoms with Crippen molar-refractivity contribution < 1.29 is 17.9 Å². The van der Waals surface area contributed by atoms with Gasteiger partial charge in [0.2, 0.25) is 6.79 Å². The predicted molar refractivity (Wildman–Crippen MR) is 87.2 cm³/mol. The molecule has 5 nitrogen and oxygen atoms in total. The summed E-state index contributed by atoms with van der Waals surface area (Å²) in [7, 11) is -3.35. The molecule has 0 unspecified atom stereocenters. The van der Waals surface area contributed by atoms with Gasteiger partial charge in [-0.15, -0.1) is 0 Å². The Morgan fingerprint density at radius 2 is 1.78 bits per heavy atom. The minimum atomic E-state index is -3.35. The van der Waals surface area contributed by atoms with Gasteiger partial charge in [0.25, 0.3) is 0 Å². The molecule has 0 radical (unpaired) electrons. The number of hydrogen-bond acceptors (Lipinski definition) is 5. The van der Waals surface area contributed by atoms with Crippen molar-refractivity contribution in [1.29, 1.82) is 0 Å². The zero-order valence-electron chi connectivity index (χ0n) is 12.6. The molecule has 0 saturated carbocycles. The van der Waals surface area contributed by atoms with Gasteiger partial charge in [0, 0.05) is 12.1 Å². The largest absolute Gasteiger partial charge is 0.454 e. The molecule has 6 heteroatoms. The van der Waals surface area contributed by atoms with Gasteiger partial charge in [-0.3, -0.25) is 0 Å². The van der Waals surface area contributed by atoms with E-state index in [-0.39, 0.29) is 23.5 Å². The van der Waals surface area contributed by atoms with E-state index in [1.54, 1.807) is 12.1 Å². The van der Waals surface area contributed by atoms with Crippen molar-refractivity contribution >= 4 is 9.84 Å². The highest BCUT2D eigenvalue weighted by Crippen LogP contribution is 2.34. The number of rotatable bonds is 6. The van der Waals surface area contributed by atoms with E-state index in [4.69, 9.17) is 15.2 Å². The summed E-state index contributed by atoms with van der Waals surface area (Å²) in [6.45, 7) is 0.130. The number of fused-ring (bicyclic) bond motifs is 1. The summed E-state index contributed by atoms with van der Waals surface area (Å²) in [5.74, 6) is 1.12. The van der Waals surface area contributed by atoms with E-state index in [0.717, 1.165) is 5.56 Å². The zero-order chi connectivity index (χ0) is 16.3. The number of benzene rings is 2. The third-order valence-electron chi connectivity index (χ3n) is 3.86. The highest BCUT2D eigenvalue weighted by atomic mass is 32.2. The van der Waals surface area contributed by atoms with Crippen molar-refractivity contribution in [2.45, 2.75) is 23.8 Å². The van der Waals surface area contributed by atoms with E-state index < -0.39 is 9.84 Å². The molecule has 122 valence electrons. The normalized spacial score (nSPS) is 14.7. The molecule has 1 aliphatic rings. The maximum absolute atomic E-state index is 12.4. The summed E-state index contributed by atoms with van der Waals surface area (Å²) in [5.41, 5.74) is 7.13. The molecule has 0 aromatic heterocycles. The maximum atomic E-state index is 12.4. The lowest BCUT2D eigenvalue weighted by Gasteiger charge is -2.12. The Balaban J connectivity index is 1.61. The first-order chi connectivity index (χ1) is 11.1. The van der Waals surface area contributed by atoms with Gasteiger partial charge < -0.3 is 15.2 Å². The molecule has 23 heavy (non-hydrogen) atoms. The third-order valence-corrected chi connectivity index (χ3v) is 5.66. The molecule has 2 aromatic carbocycles. The van der Waals surface area contributed by atoms with E-state index in [1.807, 2.05) is 30.3 Å². The van der Waals surface area contributed by atoms with Crippen molar-refractivity contribution in [3.63, 3.8) is 0 Å². The van der Waals surface area contributed by atoms with Crippen LogP contribution in [0, 0.1) is 0 Å². The lowest BCUT2D eigenvalue weighted by atomic mass is 10.0. The maximum Gasteiger partial charge on any atom is 0.231 e. The van der Waals surface area contributed by atoms with Gasteiger partial charge in [0.05, 0.1) is 10.6 Å². The van der Waals surface area contributed by atoms with Crippen LogP contribution in [0.1, 0.15) is 24.4 Å². The lowest BCUT2D eigenvalue weighted by Crippen LogP contribution is -2.13. The van der Waals surface area contributed by atoms with Gasteiger partial charge in [-0.2, -0.15) is 0 Å². The summed E-state index contributed by atoms with van der Waals surface area (Å²) in [6.07, 6.45) is 1.13. The molecule has 1 atom stereocenters. The second-order valence-corrected chi connectivity index (χ2v) is 7.60. The number of hydrogen-bond donors (Lipinski definition) is 1. The SMILES string of the molecule is N[C@@H](CCCS(=O)(=O)c1ccc2c(c1)OCO2)c1ccccc1. The minimum absolute atomic E-state index is 0.0627. The van der Waals surface area contributed by atoms with Crippen LogP contribution in [0.25, 0.3) is 0 Å². The standard InChI is InChI=1S/C17H19NO4S/c18-15(13-5-2-1-3-6-13)7-4-10-23(19,20)14-8-9-16-17(11-14)22-12-21-16/h1-3,5-6,8-9,11,15H,4,7,10,12,18H2/t15-/m0/s1. The van der Waals surface area contributed by atoms with Crippen LogP contribution in [0.4, 0.5) is 0 Å². The Bertz CT molecular complexity index is 774. The summed E-state index contributed by atoms with van der Waals surface area (Å²) < 4.78 is 35.2.